The number of hydrogen-bond donors (Lipinski definition) is 1. The van der Waals surface area contributed by atoms with Crippen LogP contribution in [-0.4, -0.2) is 33.8 Å². The van der Waals surface area contributed by atoms with E-state index < -0.39 is 10.0 Å². The van der Waals surface area contributed by atoms with Crippen molar-refractivity contribution in [1.82, 2.24) is 5.32 Å². The Hall–Kier alpha value is -1.14. The fraction of sp³-hybridized carbons (Fsp3) is 0.571. The maximum Gasteiger partial charge on any atom is 0.234 e. The number of hydrogen-bond acceptors (Lipinski definition) is 3. The maximum atomic E-state index is 12.8. The van der Waals surface area contributed by atoms with Crippen LogP contribution in [0.1, 0.15) is 26.7 Å². The first kappa shape index (κ1) is 16.9. The monoisotopic (exact) mass is 302 g/mol. The highest BCUT2D eigenvalue weighted by molar-refractivity contribution is 7.92. The lowest BCUT2D eigenvalue weighted by atomic mass is 10.3. The van der Waals surface area contributed by atoms with Gasteiger partial charge in [-0.3, -0.25) is 4.31 Å². The molecule has 0 aromatic heterocycles. The molecule has 1 aromatic carbocycles. The molecule has 4 nitrogen and oxygen atoms in total. The number of halogens is 1. The van der Waals surface area contributed by atoms with Gasteiger partial charge in [-0.05, 0) is 43.7 Å². The first-order valence-corrected chi connectivity index (χ1v) is 8.39. The third kappa shape index (κ3) is 5.46. The summed E-state index contributed by atoms with van der Waals surface area (Å²) in [6.45, 7) is 4.92. The lowest BCUT2D eigenvalue weighted by molar-refractivity contribution is 0.559. The second-order valence-corrected chi connectivity index (χ2v) is 7.20. The van der Waals surface area contributed by atoms with E-state index in [-0.39, 0.29) is 11.6 Å². The first-order chi connectivity index (χ1) is 9.33. The van der Waals surface area contributed by atoms with Gasteiger partial charge in [-0.25, -0.2) is 12.8 Å². The first-order valence-electron chi connectivity index (χ1n) is 6.78. The van der Waals surface area contributed by atoms with Crippen molar-refractivity contribution in [2.45, 2.75) is 32.7 Å². The van der Waals surface area contributed by atoms with Crippen molar-refractivity contribution >= 4 is 15.7 Å². The molecule has 1 rings (SSSR count). The van der Waals surface area contributed by atoms with Gasteiger partial charge >= 0.3 is 0 Å². The van der Waals surface area contributed by atoms with Crippen molar-refractivity contribution < 1.29 is 12.8 Å². The van der Waals surface area contributed by atoms with Crippen molar-refractivity contribution in [3.63, 3.8) is 0 Å². The predicted molar refractivity (Wildman–Crippen MR) is 81.0 cm³/mol. The summed E-state index contributed by atoms with van der Waals surface area (Å²) in [6.07, 6.45) is 1.42. The number of benzene rings is 1. The van der Waals surface area contributed by atoms with Gasteiger partial charge in [-0.2, -0.15) is 0 Å². The predicted octanol–water partition coefficient (Wildman–Crippen LogP) is 2.37. The normalized spacial score (nSPS) is 11.8. The Bertz CT molecular complexity index is 500. The molecule has 0 aliphatic rings. The number of unbranched alkanes of at least 4 members (excludes halogenated alkanes) is 1. The fourth-order valence-corrected chi connectivity index (χ4v) is 3.03. The topological polar surface area (TPSA) is 49.4 Å². The summed E-state index contributed by atoms with van der Waals surface area (Å²) >= 11 is 0. The van der Waals surface area contributed by atoms with E-state index in [4.69, 9.17) is 0 Å². The highest BCUT2D eigenvalue weighted by Gasteiger charge is 2.17. The highest BCUT2D eigenvalue weighted by Crippen LogP contribution is 2.17. The molecule has 0 amide bonds. The van der Waals surface area contributed by atoms with Crippen LogP contribution in [0.15, 0.2) is 24.3 Å². The summed E-state index contributed by atoms with van der Waals surface area (Å²) in [7, 11) is -1.85. The maximum absolute atomic E-state index is 12.8. The average Bonchev–Trinajstić information content (AvgIpc) is 2.38. The number of nitrogens with one attached hydrogen (secondary N) is 1. The average molecular weight is 302 g/mol. The summed E-state index contributed by atoms with van der Waals surface area (Å²) in [5, 5.41) is 3.25. The van der Waals surface area contributed by atoms with E-state index in [1.165, 1.54) is 35.6 Å². The van der Waals surface area contributed by atoms with Crippen LogP contribution >= 0.6 is 0 Å². The summed E-state index contributed by atoms with van der Waals surface area (Å²) < 4.78 is 38.3. The zero-order valence-corrected chi connectivity index (χ0v) is 13.1. The van der Waals surface area contributed by atoms with Crippen LogP contribution in [0.3, 0.4) is 0 Å². The zero-order chi connectivity index (χ0) is 15.2. The van der Waals surface area contributed by atoms with Crippen LogP contribution in [-0.2, 0) is 10.0 Å². The van der Waals surface area contributed by atoms with Gasteiger partial charge < -0.3 is 5.32 Å². The molecule has 0 bridgehead atoms. The third-order valence-corrected chi connectivity index (χ3v) is 4.84. The highest BCUT2D eigenvalue weighted by atomic mass is 32.2. The largest absolute Gasteiger partial charge is 0.315 e. The molecule has 1 N–H and O–H groups in total. The lowest BCUT2D eigenvalue weighted by Crippen LogP contribution is -2.30. The van der Waals surface area contributed by atoms with Gasteiger partial charge in [0, 0.05) is 13.1 Å². The molecule has 0 aliphatic heterocycles. The Labute approximate surface area is 121 Å². The smallest absolute Gasteiger partial charge is 0.234 e. The van der Waals surface area contributed by atoms with E-state index in [0.717, 1.165) is 13.0 Å². The van der Waals surface area contributed by atoms with Crippen LogP contribution in [0.4, 0.5) is 10.1 Å². The summed E-state index contributed by atoms with van der Waals surface area (Å²) in [4.78, 5) is 0. The molecule has 1 aromatic rings. The minimum absolute atomic E-state index is 0.0979. The van der Waals surface area contributed by atoms with E-state index in [1.54, 1.807) is 0 Å². The van der Waals surface area contributed by atoms with Crippen molar-refractivity contribution in [2.75, 3.05) is 23.7 Å². The Morgan fingerprint density at radius 2 is 1.80 bits per heavy atom. The molecule has 20 heavy (non-hydrogen) atoms. The van der Waals surface area contributed by atoms with Crippen molar-refractivity contribution in [1.29, 1.82) is 0 Å². The zero-order valence-electron chi connectivity index (χ0n) is 12.3. The van der Waals surface area contributed by atoms with Gasteiger partial charge in [-0.15, -0.1) is 0 Å². The van der Waals surface area contributed by atoms with Crippen molar-refractivity contribution in [2.24, 2.45) is 0 Å². The molecule has 6 heteroatoms. The Kier molecular flexibility index (Phi) is 6.42. The number of anilines is 1. The molecule has 0 saturated heterocycles. The Morgan fingerprint density at radius 3 is 2.35 bits per heavy atom. The number of nitrogens with zero attached hydrogens (tertiary/aromatic N) is 1. The SMILES string of the molecule is CC(C)NCCCCS(=O)(=O)N(C)c1ccc(F)cc1. The van der Waals surface area contributed by atoms with Gasteiger partial charge in [0.05, 0.1) is 11.4 Å². The molecule has 0 saturated carbocycles. The van der Waals surface area contributed by atoms with Gasteiger partial charge in [0.25, 0.3) is 0 Å². The van der Waals surface area contributed by atoms with Crippen LogP contribution in [0.25, 0.3) is 0 Å². The second kappa shape index (κ2) is 7.59. The van der Waals surface area contributed by atoms with Crippen LogP contribution in [0.5, 0.6) is 0 Å². The molecule has 114 valence electrons. The molecule has 0 spiro atoms. The Morgan fingerprint density at radius 1 is 1.20 bits per heavy atom. The summed E-state index contributed by atoms with van der Waals surface area (Å²) in [5.74, 6) is -0.278. The third-order valence-electron chi connectivity index (χ3n) is 2.99. The van der Waals surface area contributed by atoms with Crippen molar-refractivity contribution in [3.8, 4) is 0 Å². The second-order valence-electron chi connectivity index (χ2n) is 5.08. The molecule has 0 radical (unpaired) electrons. The van der Waals surface area contributed by atoms with Gasteiger partial charge in [0.2, 0.25) is 10.0 Å². The van der Waals surface area contributed by atoms with E-state index in [9.17, 15) is 12.8 Å². The summed E-state index contributed by atoms with van der Waals surface area (Å²) in [5.41, 5.74) is 0.478. The van der Waals surface area contributed by atoms with Crippen LogP contribution in [0.2, 0.25) is 0 Å². The van der Waals surface area contributed by atoms with E-state index in [0.29, 0.717) is 18.2 Å². The molecular formula is C14H23FN2O2S. The van der Waals surface area contributed by atoms with E-state index in [2.05, 4.69) is 19.2 Å². The molecular weight excluding hydrogens is 279 g/mol. The van der Waals surface area contributed by atoms with Crippen molar-refractivity contribution in [3.05, 3.63) is 30.1 Å². The standard InChI is InChI=1S/C14H23FN2O2S/c1-12(2)16-10-4-5-11-20(18,19)17(3)14-8-6-13(15)7-9-14/h6-9,12,16H,4-5,10-11H2,1-3H3. The molecule has 0 aliphatic carbocycles. The lowest BCUT2D eigenvalue weighted by Gasteiger charge is -2.19. The Balaban J connectivity index is 2.49. The molecule has 0 atom stereocenters. The van der Waals surface area contributed by atoms with Gasteiger partial charge in [-0.1, -0.05) is 13.8 Å². The van der Waals surface area contributed by atoms with Gasteiger partial charge in [0.1, 0.15) is 5.82 Å². The molecule has 0 fully saturated rings. The van der Waals surface area contributed by atoms with E-state index >= 15 is 0 Å². The summed E-state index contributed by atoms with van der Waals surface area (Å²) in [6, 6.07) is 5.86. The van der Waals surface area contributed by atoms with Gasteiger partial charge in [0.15, 0.2) is 0 Å². The molecule has 0 heterocycles. The van der Waals surface area contributed by atoms with Crippen LogP contribution in [0, 0.1) is 5.82 Å². The fourth-order valence-electron chi connectivity index (χ4n) is 1.75. The minimum atomic E-state index is -3.34. The minimum Gasteiger partial charge on any atom is -0.315 e. The number of sulfonamides is 1. The quantitative estimate of drug-likeness (QED) is 0.750. The van der Waals surface area contributed by atoms with Crippen LogP contribution < -0.4 is 9.62 Å². The molecule has 0 unspecified atom stereocenters. The number of rotatable bonds is 8. The van der Waals surface area contributed by atoms with E-state index in [1.807, 2.05) is 0 Å².